The first kappa shape index (κ1) is 16.6. The molecule has 3 N–H and O–H groups in total. The van der Waals surface area contributed by atoms with Crippen LogP contribution in [0.2, 0.25) is 5.02 Å². The van der Waals surface area contributed by atoms with Gasteiger partial charge < -0.3 is 10.5 Å². The molecule has 0 aliphatic heterocycles. The molecule has 1 atom stereocenters. The van der Waals surface area contributed by atoms with Crippen molar-refractivity contribution in [2.45, 2.75) is 12.8 Å². The molecule has 1 heterocycles. The Morgan fingerprint density at radius 2 is 1.96 bits per heavy atom. The van der Waals surface area contributed by atoms with Crippen LogP contribution in [0.4, 0.5) is 0 Å². The van der Waals surface area contributed by atoms with E-state index < -0.39 is 0 Å². The molecule has 24 heavy (non-hydrogen) atoms. The van der Waals surface area contributed by atoms with E-state index in [9.17, 15) is 0 Å². The third kappa shape index (κ3) is 3.45. The number of halogens is 1. The Morgan fingerprint density at radius 1 is 1.17 bits per heavy atom. The van der Waals surface area contributed by atoms with E-state index in [1.165, 1.54) is 0 Å². The second kappa shape index (κ2) is 7.51. The summed E-state index contributed by atoms with van der Waals surface area (Å²) in [5.41, 5.74) is 9.99. The van der Waals surface area contributed by atoms with Gasteiger partial charge in [-0.25, -0.2) is 0 Å². The summed E-state index contributed by atoms with van der Waals surface area (Å²) in [5, 5.41) is 8.11. The fourth-order valence-corrected chi connectivity index (χ4v) is 2.96. The first-order valence-corrected chi connectivity index (χ1v) is 8.33. The van der Waals surface area contributed by atoms with E-state index in [0.29, 0.717) is 23.9 Å². The summed E-state index contributed by atoms with van der Waals surface area (Å²) >= 11 is 6.31. The zero-order chi connectivity index (χ0) is 16.9. The number of hydrogen-bond donors (Lipinski definition) is 2. The number of rotatable bonds is 6. The van der Waals surface area contributed by atoms with Crippen LogP contribution in [0.25, 0.3) is 11.3 Å². The van der Waals surface area contributed by atoms with Crippen molar-refractivity contribution in [2.24, 2.45) is 5.73 Å². The van der Waals surface area contributed by atoms with Gasteiger partial charge in [0.15, 0.2) is 0 Å². The van der Waals surface area contributed by atoms with Gasteiger partial charge in [0, 0.05) is 23.7 Å². The number of nitrogens with zero attached hydrogens (tertiary/aromatic N) is 1. The smallest absolute Gasteiger partial charge is 0.137 e. The second-order valence-corrected chi connectivity index (χ2v) is 5.89. The molecular formula is C19H20ClN3O. The predicted octanol–water partition coefficient (Wildman–Crippen LogP) is 4.22. The lowest BCUT2D eigenvalue weighted by Gasteiger charge is -2.15. The van der Waals surface area contributed by atoms with Crippen LogP contribution in [0.5, 0.6) is 5.75 Å². The van der Waals surface area contributed by atoms with Gasteiger partial charge in [-0.15, -0.1) is 0 Å². The number of ether oxygens (including phenoxy) is 1. The minimum atomic E-state index is 0.00291. The highest BCUT2D eigenvalue weighted by molar-refractivity contribution is 6.32. The monoisotopic (exact) mass is 341 g/mol. The summed E-state index contributed by atoms with van der Waals surface area (Å²) in [6.07, 6.45) is 0. The van der Waals surface area contributed by atoms with Crippen molar-refractivity contribution >= 4 is 11.6 Å². The molecule has 0 spiro atoms. The first-order valence-electron chi connectivity index (χ1n) is 7.96. The fraction of sp³-hybridized carbons (Fsp3) is 0.211. The SMILES string of the molecule is CCOc1ccc(C(CN)c2cc(-c3ccccc3)n[nH]2)cc1Cl. The van der Waals surface area contributed by atoms with E-state index in [4.69, 9.17) is 22.1 Å². The normalized spacial score (nSPS) is 12.1. The summed E-state index contributed by atoms with van der Waals surface area (Å²) < 4.78 is 5.49. The number of H-pyrrole nitrogens is 1. The van der Waals surface area contributed by atoms with Gasteiger partial charge in [0.2, 0.25) is 0 Å². The van der Waals surface area contributed by atoms with Crippen LogP contribution in [-0.4, -0.2) is 23.3 Å². The van der Waals surface area contributed by atoms with Crippen molar-refractivity contribution in [3.8, 4) is 17.0 Å². The van der Waals surface area contributed by atoms with Crippen LogP contribution in [0.15, 0.2) is 54.6 Å². The van der Waals surface area contributed by atoms with Gasteiger partial charge in [0.05, 0.1) is 17.3 Å². The second-order valence-electron chi connectivity index (χ2n) is 5.49. The average Bonchev–Trinajstić information content (AvgIpc) is 3.09. The Balaban J connectivity index is 1.89. The fourth-order valence-electron chi connectivity index (χ4n) is 2.72. The molecule has 1 aromatic heterocycles. The van der Waals surface area contributed by atoms with Crippen LogP contribution in [0.3, 0.4) is 0 Å². The van der Waals surface area contributed by atoms with Gasteiger partial charge in [0.1, 0.15) is 5.75 Å². The van der Waals surface area contributed by atoms with Gasteiger partial charge >= 0.3 is 0 Å². The average molecular weight is 342 g/mol. The molecule has 0 bridgehead atoms. The molecule has 0 fully saturated rings. The van der Waals surface area contributed by atoms with Crippen molar-refractivity contribution in [3.05, 3.63) is 70.9 Å². The molecule has 124 valence electrons. The molecule has 0 aliphatic carbocycles. The molecule has 4 nitrogen and oxygen atoms in total. The van der Waals surface area contributed by atoms with E-state index in [0.717, 1.165) is 22.5 Å². The standard InChI is InChI=1S/C19H20ClN3O/c1-2-24-19-9-8-14(10-16(19)20)15(12-21)18-11-17(22-23-18)13-6-4-3-5-7-13/h3-11,15H,2,12,21H2,1H3,(H,22,23). The Bertz CT molecular complexity index is 801. The largest absolute Gasteiger partial charge is 0.492 e. The summed E-state index contributed by atoms with van der Waals surface area (Å²) in [6, 6.07) is 17.9. The van der Waals surface area contributed by atoms with E-state index in [1.54, 1.807) is 0 Å². The molecule has 0 saturated carbocycles. The summed E-state index contributed by atoms with van der Waals surface area (Å²) in [4.78, 5) is 0. The molecular weight excluding hydrogens is 322 g/mol. The molecule has 5 heteroatoms. The number of nitrogens with two attached hydrogens (primary N) is 1. The van der Waals surface area contributed by atoms with Gasteiger partial charge in [-0.05, 0) is 30.7 Å². The lowest BCUT2D eigenvalue weighted by molar-refractivity contribution is 0.340. The quantitative estimate of drug-likeness (QED) is 0.705. The van der Waals surface area contributed by atoms with Gasteiger partial charge in [-0.3, -0.25) is 5.10 Å². The molecule has 0 amide bonds. The Labute approximate surface area is 146 Å². The topological polar surface area (TPSA) is 63.9 Å². The molecule has 2 aromatic carbocycles. The van der Waals surface area contributed by atoms with Gasteiger partial charge in [-0.1, -0.05) is 48.0 Å². The van der Waals surface area contributed by atoms with Crippen molar-refractivity contribution in [2.75, 3.05) is 13.2 Å². The summed E-state index contributed by atoms with van der Waals surface area (Å²) in [5.74, 6) is 0.691. The summed E-state index contributed by atoms with van der Waals surface area (Å²) in [6.45, 7) is 2.98. The third-order valence-corrected chi connectivity index (χ3v) is 4.23. The molecule has 0 radical (unpaired) electrons. The number of hydrogen-bond acceptors (Lipinski definition) is 3. The first-order chi connectivity index (χ1) is 11.7. The number of benzene rings is 2. The van der Waals surface area contributed by atoms with E-state index >= 15 is 0 Å². The molecule has 3 rings (SSSR count). The number of aromatic amines is 1. The van der Waals surface area contributed by atoms with E-state index in [2.05, 4.69) is 10.2 Å². The van der Waals surface area contributed by atoms with E-state index in [1.807, 2.05) is 61.5 Å². The number of aromatic nitrogens is 2. The maximum Gasteiger partial charge on any atom is 0.137 e. The lowest BCUT2D eigenvalue weighted by atomic mass is 9.95. The van der Waals surface area contributed by atoms with Crippen LogP contribution >= 0.6 is 11.6 Å². The zero-order valence-corrected chi connectivity index (χ0v) is 14.3. The molecule has 0 saturated heterocycles. The highest BCUT2D eigenvalue weighted by Gasteiger charge is 2.17. The molecule has 1 unspecified atom stereocenters. The van der Waals surface area contributed by atoms with Gasteiger partial charge in [0.25, 0.3) is 0 Å². The van der Waals surface area contributed by atoms with Crippen LogP contribution in [-0.2, 0) is 0 Å². The maximum atomic E-state index is 6.31. The molecule has 3 aromatic rings. The Morgan fingerprint density at radius 3 is 2.62 bits per heavy atom. The van der Waals surface area contributed by atoms with Crippen molar-refractivity contribution in [1.82, 2.24) is 10.2 Å². The molecule has 0 aliphatic rings. The van der Waals surface area contributed by atoms with Gasteiger partial charge in [-0.2, -0.15) is 5.10 Å². The van der Waals surface area contributed by atoms with Crippen molar-refractivity contribution in [1.29, 1.82) is 0 Å². The Hall–Kier alpha value is -2.30. The van der Waals surface area contributed by atoms with Crippen LogP contribution < -0.4 is 10.5 Å². The zero-order valence-electron chi connectivity index (χ0n) is 13.5. The Kier molecular flexibility index (Phi) is 5.18. The van der Waals surface area contributed by atoms with E-state index in [-0.39, 0.29) is 5.92 Å². The minimum absolute atomic E-state index is 0.00291. The highest BCUT2D eigenvalue weighted by Crippen LogP contribution is 2.31. The van der Waals surface area contributed by atoms with Crippen LogP contribution in [0.1, 0.15) is 24.1 Å². The summed E-state index contributed by atoms with van der Waals surface area (Å²) in [7, 11) is 0. The minimum Gasteiger partial charge on any atom is -0.492 e. The van der Waals surface area contributed by atoms with Crippen LogP contribution in [0, 0.1) is 0 Å². The predicted molar refractivity (Wildman–Crippen MR) is 97.5 cm³/mol. The maximum absolute atomic E-state index is 6.31. The highest BCUT2D eigenvalue weighted by atomic mass is 35.5. The lowest BCUT2D eigenvalue weighted by Crippen LogP contribution is -2.14. The van der Waals surface area contributed by atoms with Crippen molar-refractivity contribution < 1.29 is 4.74 Å². The number of nitrogens with one attached hydrogen (secondary N) is 1. The van der Waals surface area contributed by atoms with Crippen molar-refractivity contribution in [3.63, 3.8) is 0 Å². The third-order valence-electron chi connectivity index (χ3n) is 3.94.